The molecule has 0 unspecified atom stereocenters. The number of hydrogen-bond donors (Lipinski definition) is 1. The molecular weight excluding hydrogens is 397 g/mol. The first-order chi connectivity index (χ1) is 14.0. The molecule has 0 spiro atoms. The van der Waals surface area contributed by atoms with Crippen molar-refractivity contribution < 1.29 is 23.4 Å². The predicted octanol–water partition coefficient (Wildman–Crippen LogP) is 3.54. The van der Waals surface area contributed by atoms with Crippen molar-refractivity contribution >= 4 is 38.3 Å². The molecule has 1 fully saturated rings. The summed E-state index contributed by atoms with van der Waals surface area (Å²) in [6, 6.07) is 7.93. The van der Waals surface area contributed by atoms with Crippen molar-refractivity contribution in [3.63, 3.8) is 0 Å². The van der Waals surface area contributed by atoms with E-state index >= 15 is 0 Å². The van der Waals surface area contributed by atoms with E-state index in [-0.39, 0.29) is 17.6 Å². The third kappa shape index (κ3) is 3.65. The topological polar surface area (TPSA) is 72.9 Å². The van der Waals surface area contributed by atoms with Gasteiger partial charge in [0.15, 0.2) is 16.6 Å². The van der Waals surface area contributed by atoms with Crippen LogP contribution in [0.3, 0.4) is 0 Å². The number of methoxy groups -OCH3 is 3. The minimum Gasteiger partial charge on any atom is -0.493 e. The van der Waals surface area contributed by atoms with Gasteiger partial charge in [0.2, 0.25) is 11.7 Å². The lowest BCUT2D eigenvalue weighted by Crippen LogP contribution is -2.52. The van der Waals surface area contributed by atoms with Crippen LogP contribution in [0.4, 0.5) is 15.2 Å². The maximum atomic E-state index is 13.4. The zero-order chi connectivity index (χ0) is 20.5. The Morgan fingerprint density at radius 1 is 1.14 bits per heavy atom. The summed E-state index contributed by atoms with van der Waals surface area (Å²) in [5, 5.41) is 3.70. The van der Waals surface area contributed by atoms with E-state index in [0.717, 1.165) is 15.3 Å². The summed E-state index contributed by atoms with van der Waals surface area (Å²) in [4.78, 5) is 19.2. The van der Waals surface area contributed by atoms with E-state index in [4.69, 9.17) is 14.2 Å². The van der Waals surface area contributed by atoms with Crippen LogP contribution < -0.4 is 24.4 Å². The van der Waals surface area contributed by atoms with Crippen LogP contribution in [-0.2, 0) is 4.79 Å². The van der Waals surface area contributed by atoms with E-state index in [1.165, 1.54) is 44.8 Å². The molecule has 0 aliphatic carbocycles. The van der Waals surface area contributed by atoms with Crippen molar-refractivity contribution in [2.45, 2.75) is 0 Å². The van der Waals surface area contributed by atoms with Crippen LogP contribution in [0.25, 0.3) is 10.2 Å². The molecule has 0 atom stereocenters. The quantitative estimate of drug-likeness (QED) is 0.662. The highest BCUT2D eigenvalue weighted by molar-refractivity contribution is 7.22. The first-order valence-corrected chi connectivity index (χ1v) is 9.76. The molecule has 1 aliphatic rings. The molecule has 0 radical (unpaired) electrons. The normalized spacial score (nSPS) is 13.9. The molecule has 0 saturated carbocycles. The number of carbonyl (C=O) groups is 1. The summed E-state index contributed by atoms with van der Waals surface area (Å²) in [7, 11) is 4.57. The Morgan fingerprint density at radius 2 is 1.83 bits per heavy atom. The fourth-order valence-electron chi connectivity index (χ4n) is 3.22. The molecule has 29 heavy (non-hydrogen) atoms. The van der Waals surface area contributed by atoms with Gasteiger partial charge in [-0.2, -0.15) is 0 Å². The minimum absolute atomic E-state index is 0.0947. The molecule has 1 aromatic heterocycles. The number of carbonyl (C=O) groups excluding carboxylic acids is 1. The number of anilines is 2. The van der Waals surface area contributed by atoms with E-state index in [2.05, 4.69) is 10.3 Å². The van der Waals surface area contributed by atoms with Gasteiger partial charge in [-0.15, -0.1) is 0 Å². The van der Waals surface area contributed by atoms with Crippen LogP contribution in [0.1, 0.15) is 0 Å². The lowest BCUT2D eigenvalue weighted by atomic mass is 10.00. The number of rotatable bonds is 6. The van der Waals surface area contributed by atoms with Gasteiger partial charge >= 0.3 is 0 Å². The number of thiazole rings is 1. The molecule has 3 aromatic rings. The molecule has 1 saturated heterocycles. The molecule has 9 heteroatoms. The predicted molar refractivity (Wildman–Crippen MR) is 110 cm³/mol. The number of nitrogens with one attached hydrogen (secondary N) is 1. The zero-order valence-corrected chi connectivity index (χ0v) is 17.0. The Hall–Kier alpha value is -3.07. The molecule has 7 nitrogen and oxygen atoms in total. The van der Waals surface area contributed by atoms with Gasteiger partial charge in [-0.1, -0.05) is 11.3 Å². The van der Waals surface area contributed by atoms with Crippen LogP contribution in [0.5, 0.6) is 17.2 Å². The molecule has 2 heterocycles. The summed E-state index contributed by atoms with van der Waals surface area (Å²) < 4.78 is 30.1. The van der Waals surface area contributed by atoms with Crippen molar-refractivity contribution in [3.05, 3.63) is 36.1 Å². The highest BCUT2D eigenvalue weighted by Gasteiger charge is 2.34. The largest absolute Gasteiger partial charge is 0.493 e. The average Bonchev–Trinajstić information content (AvgIpc) is 3.08. The number of hydrogen-bond acceptors (Lipinski definition) is 7. The van der Waals surface area contributed by atoms with Crippen molar-refractivity contribution in [1.29, 1.82) is 0 Å². The summed E-state index contributed by atoms with van der Waals surface area (Å²) in [6.07, 6.45) is 0. The van der Waals surface area contributed by atoms with Gasteiger partial charge in [-0.3, -0.25) is 4.79 Å². The van der Waals surface area contributed by atoms with Crippen LogP contribution >= 0.6 is 11.3 Å². The maximum Gasteiger partial charge on any atom is 0.231 e. The Kier molecular flexibility index (Phi) is 5.14. The van der Waals surface area contributed by atoms with Crippen molar-refractivity contribution in [3.8, 4) is 17.2 Å². The molecule has 0 bridgehead atoms. The maximum absolute atomic E-state index is 13.4. The first-order valence-electron chi connectivity index (χ1n) is 8.94. The molecular formula is C20H20FN3O4S. The second-order valence-corrected chi connectivity index (χ2v) is 7.62. The van der Waals surface area contributed by atoms with E-state index < -0.39 is 0 Å². The molecule has 1 N–H and O–H groups in total. The summed E-state index contributed by atoms with van der Waals surface area (Å²) in [6.45, 7) is 1.11. The number of halogens is 1. The van der Waals surface area contributed by atoms with Gasteiger partial charge in [0.05, 0.1) is 37.5 Å². The van der Waals surface area contributed by atoms with Crippen molar-refractivity contribution in [2.75, 3.05) is 44.6 Å². The minimum atomic E-state index is -0.279. The number of ether oxygens (including phenoxy) is 3. The highest BCUT2D eigenvalue weighted by atomic mass is 32.1. The fourth-order valence-corrected chi connectivity index (χ4v) is 4.23. The lowest BCUT2D eigenvalue weighted by Gasteiger charge is -2.37. The smallest absolute Gasteiger partial charge is 0.231 e. The molecule has 152 valence electrons. The van der Waals surface area contributed by atoms with Crippen molar-refractivity contribution in [2.24, 2.45) is 5.92 Å². The second-order valence-electron chi connectivity index (χ2n) is 6.61. The molecule has 2 aromatic carbocycles. The fraction of sp³-hybridized carbons (Fsp3) is 0.300. The Morgan fingerprint density at radius 3 is 2.45 bits per heavy atom. The van der Waals surface area contributed by atoms with Gasteiger partial charge in [0, 0.05) is 30.9 Å². The summed E-state index contributed by atoms with van der Waals surface area (Å²) >= 11 is 1.42. The first kappa shape index (κ1) is 19.3. The molecule has 4 rings (SSSR count). The van der Waals surface area contributed by atoms with Gasteiger partial charge in [0.25, 0.3) is 0 Å². The van der Waals surface area contributed by atoms with Crippen molar-refractivity contribution in [1.82, 2.24) is 4.98 Å². The van der Waals surface area contributed by atoms with Gasteiger partial charge in [-0.05, 0) is 18.2 Å². The van der Waals surface area contributed by atoms with Gasteiger partial charge < -0.3 is 24.4 Å². The number of benzene rings is 2. The third-order valence-electron chi connectivity index (χ3n) is 4.79. The third-order valence-corrected chi connectivity index (χ3v) is 5.87. The van der Waals surface area contributed by atoms with Crippen LogP contribution in [0, 0.1) is 11.7 Å². The van der Waals surface area contributed by atoms with Crippen LogP contribution in [-0.4, -0.2) is 45.3 Å². The number of fused-ring (bicyclic) bond motifs is 1. The van der Waals surface area contributed by atoms with Gasteiger partial charge in [0.1, 0.15) is 5.82 Å². The number of nitrogens with zero attached hydrogens (tertiary/aromatic N) is 2. The Balaban J connectivity index is 1.43. The lowest BCUT2D eigenvalue weighted by molar-refractivity contribution is -0.120. The summed E-state index contributed by atoms with van der Waals surface area (Å²) in [5.41, 5.74) is 1.33. The average molecular weight is 417 g/mol. The van der Waals surface area contributed by atoms with E-state index in [1.54, 1.807) is 18.2 Å². The Bertz CT molecular complexity index is 1040. The SMILES string of the molecule is COc1cc(NC(=O)C2CN(c3nc4ccc(F)cc4s3)C2)cc(OC)c1OC. The standard InChI is InChI=1S/C20H20FN3O4S/c1-26-15-7-13(8-16(27-2)18(15)28-3)22-19(25)11-9-24(10-11)20-23-14-5-4-12(21)6-17(14)29-20/h4-8,11H,9-10H2,1-3H3,(H,22,25). The molecule has 1 aliphatic heterocycles. The summed E-state index contributed by atoms with van der Waals surface area (Å²) in [5.74, 6) is 0.868. The van der Waals surface area contributed by atoms with E-state index in [9.17, 15) is 9.18 Å². The van der Waals surface area contributed by atoms with E-state index in [0.29, 0.717) is 36.0 Å². The monoisotopic (exact) mass is 417 g/mol. The number of amides is 1. The molecule has 1 amide bonds. The van der Waals surface area contributed by atoms with Crippen LogP contribution in [0.2, 0.25) is 0 Å². The van der Waals surface area contributed by atoms with Crippen LogP contribution in [0.15, 0.2) is 30.3 Å². The zero-order valence-electron chi connectivity index (χ0n) is 16.2. The Labute approximate surface area is 171 Å². The highest BCUT2D eigenvalue weighted by Crippen LogP contribution is 2.40. The van der Waals surface area contributed by atoms with E-state index in [1.807, 2.05) is 4.90 Å². The number of aromatic nitrogens is 1. The van der Waals surface area contributed by atoms with Gasteiger partial charge in [-0.25, -0.2) is 9.37 Å². The second kappa shape index (κ2) is 7.75.